The fourth-order valence-corrected chi connectivity index (χ4v) is 4.51. The van der Waals surface area contributed by atoms with Gasteiger partial charge in [-0.3, -0.25) is 24.6 Å². The van der Waals surface area contributed by atoms with E-state index in [1.165, 1.54) is 52.6 Å². The van der Waals surface area contributed by atoms with Crippen LogP contribution in [0.2, 0.25) is 5.02 Å². The smallest absolute Gasteiger partial charge is 0.301 e. The normalized spacial score (nSPS) is 17.7. The molecule has 1 fully saturated rings. The summed E-state index contributed by atoms with van der Waals surface area (Å²) in [4.78, 5) is 43.2. The predicted molar refractivity (Wildman–Crippen MR) is 121 cm³/mol. The first-order chi connectivity index (χ1) is 15.2. The van der Waals surface area contributed by atoms with Crippen molar-refractivity contribution in [3.05, 3.63) is 90.9 Å². The second-order valence-electron chi connectivity index (χ2n) is 7.16. The number of amides is 1. The quantitative estimate of drug-likeness (QED) is 0.190. The highest BCUT2D eigenvalue weighted by Gasteiger charge is 2.48. The number of hydrogen-bond donors (Lipinski definition) is 1. The van der Waals surface area contributed by atoms with Crippen LogP contribution in [0.1, 0.15) is 27.7 Å². The van der Waals surface area contributed by atoms with Gasteiger partial charge in [0.15, 0.2) is 5.13 Å². The van der Waals surface area contributed by atoms with Gasteiger partial charge in [0, 0.05) is 27.6 Å². The summed E-state index contributed by atoms with van der Waals surface area (Å²) in [7, 11) is 0. The number of rotatable bonds is 4. The Bertz CT molecular complexity index is 1260. The molecule has 0 radical (unpaired) electrons. The van der Waals surface area contributed by atoms with Crippen LogP contribution in [0, 0.1) is 24.0 Å². The molecule has 1 aliphatic rings. The number of aliphatic hydroxyl groups is 1. The van der Waals surface area contributed by atoms with Gasteiger partial charge >= 0.3 is 5.91 Å². The Morgan fingerprint density at radius 2 is 1.75 bits per heavy atom. The van der Waals surface area contributed by atoms with Gasteiger partial charge in [0.2, 0.25) is 0 Å². The Balaban J connectivity index is 1.93. The monoisotopic (exact) mass is 469 g/mol. The van der Waals surface area contributed by atoms with Crippen LogP contribution < -0.4 is 4.90 Å². The maximum absolute atomic E-state index is 13.1. The Morgan fingerprint density at radius 1 is 1.12 bits per heavy atom. The number of benzene rings is 2. The lowest BCUT2D eigenvalue weighted by Gasteiger charge is -2.23. The van der Waals surface area contributed by atoms with E-state index in [0.717, 1.165) is 4.88 Å². The minimum atomic E-state index is -1.00. The van der Waals surface area contributed by atoms with E-state index in [9.17, 15) is 24.8 Å². The molecule has 1 saturated heterocycles. The second-order valence-corrected chi connectivity index (χ2v) is 8.78. The Morgan fingerprint density at radius 3 is 2.28 bits per heavy atom. The third kappa shape index (κ3) is 3.65. The van der Waals surface area contributed by atoms with Crippen LogP contribution in [0.15, 0.2) is 54.1 Å². The summed E-state index contributed by atoms with van der Waals surface area (Å²) in [6.45, 7) is 3.64. The molecule has 2 aromatic carbocycles. The Labute approximate surface area is 191 Å². The minimum Gasteiger partial charge on any atom is -0.507 e. The molecule has 1 aliphatic heterocycles. The zero-order chi connectivity index (χ0) is 23.2. The largest absolute Gasteiger partial charge is 0.507 e. The molecular weight excluding hydrogens is 454 g/mol. The standard InChI is InChI=1S/C22H16ClN3O5S/c1-11-12(2)32-22(24-11)25-18(13-5-9-16(10-6-13)26(30)31)17(20(28)21(25)29)19(27)14-3-7-15(23)8-4-14/h3-10,18,27H,1-2H3/b19-17+/t18-/m0/s1. The van der Waals surface area contributed by atoms with E-state index in [1.54, 1.807) is 19.1 Å². The van der Waals surface area contributed by atoms with E-state index >= 15 is 0 Å². The van der Waals surface area contributed by atoms with E-state index in [2.05, 4.69) is 4.98 Å². The number of halogens is 1. The molecular formula is C22H16ClN3O5S. The van der Waals surface area contributed by atoms with Crippen molar-refractivity contribution < 1.29 is 19.6 Å². The van der Waals surface area contributed by atoms with Gasteiger partial charge < -0.3 is 5.11 Å². The third-order valence-corrected chi connectivity index (χ3v) is 6.53. The van der Waals surface area contributed by atoms with Crippen LogP contribution in [0.25, 0.3) is 5.76 Å². The number of anilines is 1. The molecule has 0 unspecified atom stereocenters. The van der Waals surface area contributed by atoms with Gasteiger partial charge in [0.05, 0.1) is 22.2 Å². The SMILES string of the molecule is Cc1nc(N2C(=O)C(=O)/C(=C(/O)c3ccc(Cl)cc3)[C@@H]2c2ccc([N+](=O)[O-])cc2)sc1C. The highest BCUT2D eigenvalue weighted by Crippen LogP contribution is 2.44. The fourth-order valence-electron chi connectivity index (χ4n) is 3.45. The number of nitro benzene ring substituents is 1. The maximum Gasteiger partial charge on any atom is 0.301 e. The van der Waals surface area contributed by atoms with Gasteiger partial charge in [0.25, 0.3) is 11.5 Å². The number of aromatic nitrogens is 1. The van der Waals surface area contributed by atoms with E-state index in [4.69, 9.17) is 11.6 Å². The fraction of sp³-hybridized carbons (Fsp3) is 0.136. The summed E-state index contributed by atoms with van der Waals surface area (Å²) in [5.74, 6) is -2.07. The van der Waals surface area contributed by atoms with E-state index in [0.29, 0.717) is 27.0 Å². The first-order valence-electron chi connectivity index (χ1n) is 9.44. The average Bonchev–Trinajstić information content (AvgIpc) is 3.23. The van der Waals surface area contributed by atoms with Gasteiger partial charge in [-0.2, -0.15) is 0 Å². The highest BCUT2D eigenvalue weighted by atomic mass is 35.5. The molecule has 0 aliphatic carbocycles. The number of hydrogen-bond acceptors (Lipinski definition) is 7. The van der Waals surface area contributed by atoms with Crippen LogP contribution in [0.4, 0.5) is 10.8 Å². The van der Waals surface area contributed by atoms with Crippen molar-refractivity contribution in [3.8, 4) is 0 Å². The van der Waals surface area contributed by atoms with Crippen LogP contribution >= 0.6 is 22.9 Å². The Hall–Kier alpha value is -3.56. The number of carbonyl (C=O) groups excluding carboxylic acids is 2. The number of carbonyl (C=O) groups is 2. The van der Waals surface area contributed by atoms with Crippen LogP contribution in [-0.4, -0.2) is 26.7 Å². The molecule has 8 nitrogen and oxygen atoms in total. The van der Waals surface area contributed by atoms with E-state index in [1.807, 2.05) is 6.92 Å². The summed E-state index contributed by atoms with van der Waals surface area (Å²) in [5, 5.41) is 22.8. The lowest BCUT2D eigenvalue weighted by atomic mass is 9.95. The number of ketones is 1. The number of non-ortho nitro benzene ring substituents is 1. The maximum atomic E-state index is 13.1. The number of Topliss-reactive ketones (excluding diaryl/α,β-unsaturated/α-hetero) is 1. The van der Waals surface area contributed by atoms with Gasteiger partial charge in [-0.05, 0) is 55.8 Å². The van der Waals surface area contributed by atoms with Crippen LogP contribution in [0.5, 0.6) is 0 Å². The van der Waals surface area contributed by atoms with Gasteiger partial charge in [-0.1, -0.05) is 11.6 Å². The molecule has 3 aromatic rings. The first-order valence-corrected chi connectivity index (χ1v) is 10.6. The summed E-state index contributed by atoms with van der Waals surface area (Å²) in [6, 6.07) is 10.7. The lowest BCUT2D eigenvalue weighted by Crippen LogP contribution is -2.29. The van der Waals surface area contributed by atoms with Crippen molar-refractivity contribution in [1.82, 2.24) is 4.98 Å². The van der Waals surface area contributed by atoms with E-state index in [-0.39, 0.29) is 17.0 Å². The topological polar surface area (TPSA) is 114 Å². The number of nitro groups is 1. The molecule has 0 bridgehead atoms. The van der Waals surface area contributed by atoms with Crippen molar-refractivity contribution in [3.63, 3.8) is 0 Å². The van der Waals surface area contributed by atoms with Gasteiger partial charge in [-0.15, -0.1) is 11.3 Å². The molecule has 1 atom stereocenters. The minimum absolute atomic E-state index is 0.128. The molecule has 0 spiro atoms. The zero-order valence-corrected chi connectivity index (χ0v) is 18.5. The predicted octanol–water partition coefficient (Wildman–Crippen LogP) is 4.95. The van der Waals surface area contributed by atoms with Crippen LogP contribution in [-0.2, 0) is 9.59 Å². The van der Waals surface area contributed by atoms with Gasteiger partial charge in [0.1, 0.15) is 5.76 Å². The molecule has 1 N–H and O–H groups in total. The number of nitrogens with zero attached hydrogens (tertiary/aromatic N) is 3. The van der Waals surface area contributed by atoms with Crippen molar-refractivity contribution in [2.24, 2.45) is 0 Å². The molecule has 32 heavy (non-hydrogen) atoms. The third-order valence-electron chi connectivity index (χ3n) is 5.21. The van der Waals surface area contributed by atoms with Crippen molar-refractivity contribution in [2.45, 2.75) is 19.9 Å². The number of aryl methyl sites for hydroxylation is 2. The molecule has 2 heterocycles. The highest BCUT2D eigenvalue weighted by molar-refractivity contribution is 7.16. The number of thiazole rings is 1. The van der Waals surface area contributed by atoms with Crippen molar-refractivity contribution >= 4 is 51.2 Å². The number of aliphatic hydroxyl groups excluding tert-OH is 1. The molecule has 4 rings (SSSR count). The Kier molecular flexibility index (Phi) is 5.53. The summed E-state index contributed by atoms with van der Waals surface area (Å²) >= 11 is 7.17. The zero-order valence-electron chi connectivity index (χ0n) is 16.9. The van der Waals surface area contributed by atoms with Crippen molar-refractivity contribution in [1.29, 1.82) is 0 Å². The molecule has 10 heteroatoms. The van der Waals surface area contributed by atoms with Gasteiger partial charge in [-0.25, -0.2) is 4.98 Å². The second kappa shape index (κ2) is 8.18. The lowest BCUT2D eigenvalue weighted by molar-refractivity contribution is -0.384. The molecule has 1 aromatic heterocycles. The summed E-state index contributed by atoms with van der Waals surface area (Å²) in [6.07, 6.45) is 0. The first kappa shape index (κ1) is 21.7. The summed E-state index contributed by atoms with van der Waals surface area (Å²) < 4.78 is 0. The molecule has 0 saturated carbocycles. The molecule has 1 amide bonds. The van der Waals surface area contributed by atoms with Crippen LogP contribution in [0.3, 0.4) is 0 Å². The summed E-state index contributed by atoms with van der Waals surface area (Å²) in [5.41, 5.74) is 1.19. The van der Waals surface area contributed by atoms with Crippen molar-refractivity contribution in [2.75, 3.05) is 4.90 Å². The average molecular weight is 470 g/mol. The molecule has 162 valence electrons. The van der Waals surface area contributed by atoms with E-state index < -0.39 is 22.7 Å².